The maximum atomic E-state index is 5.59. The summed E-state index contributed by atoms with van der Waals surface area (Å²) < 4.78 is 0. The first-order chi connectivity index (χ1) is 8.19. The van der Waals surface area contributed by atoms with Crippen LogP contribution in [0.15, 0.2) is 29.3 Å². The summed E-state index contributed by atoms with van der Waals surface area (Å²) in [6.07, 6.45) is 0. The molecule has 0 saturated heterocycles. The number of nitrogens with zero attached hydrogens (tertiary/aromatic N) is 3. The van der Waals surface area contributed by atoms with Gasteiger partial charge < -0.3 is 5.73 Å². The lowest BCUT2D eigenvalue weighted by molar-refractivity contribution is 1.05. The molecule has 0 saturated carbocycles. The summed E-state index contributed by atoms with van der Waals surface area (Å²) in [5.74, 6) is 0.625. The second-order valence-electron chi connectivity index (χ2n) is 3.41. The zero-order valence-corrected chi connectivity index (χ0v) is 10.8. The van der Waals surface area contributed by atoms with Gasteiger partial charge in [-0.2, -0.15) is 0 Å². The van der Waals surface area contributed by atoms with E-state index in [1.54, 1.807) is 11.3 Å². The molecule has 17 heavy (non-hydrogen) atoms. The van der Waals surface area contributed by atoms with Crippen LogP contribution < -0.4 is 5.73 Å². The van der Waals surface area contributed by atoms with Crippen molar-refractivity contribution in [3.05, 3.63) is 29.3 Å². The minimum Gasteiger partial charge on any atom is -0.386 e. The Balaban J connectivity index is 2.35. The van der Waals surface area contributed by atoms with Crippen molar-refractivity contribution in [3.63, 3.8) is 0 Å². The largest absolute Gasteiger partial charge is 0.386 e. The van der Waals surface area contributed by atoms with Gasteiger partial charge in [0.2, 0.25) is 0 Å². The van der Waals surface area contributed by atoms with Gasteiger partial charge in [-0.15, -0.1) is 21.8 Å². The molecule has 2 aromatic rings. The quantitative estimate of drug-likeness (QED) is 0.528. The summed E-state index contributed by atoms with van der Waals surface area (Å²) in [7, 11) is 0. The van der Waals surface area contributed by atoms with Crippen molar-refractivity contribution in [3.8, 4) is 10.6 Å². The summed E-state index contributed by atoms with van der Waals surface area (Å²) >= 11 is 7.13. The highest BCUT2D eigenvalue weighted by molar-refractivity contribution is 7.14. The van der Waals surface area contributed by atoms with Crippen LogP contribution in [0.4, 0.5) is 5.69 Å². The number of hydrogen-bond donors (Lipinski definition) is 1. The van der Waals surface area contributed by atoms with Gasteiger partial charge in [0.05, 0.1) is 11.6 Å². The van der Waals surface area contributed by atoms with Crippen molar-refractivity contribution in [2.45, 2.75) is 6.92 Å². The highest BCUT2D eigenvalue weighted by Crippen LogP contribution is 2.26. The zero-order chi connectivity index (χ0) is 12.3. The minimum absolute atomic E-state index is 0.224. The molecule has 4 nitrogen and oxygen atoms in total. The summed E-state index contributed by atoms with van der Waals surface area (Å²) in [6, 6.07) is 7.67. The third-order valence-corrected chi connectivity index (χ3v) is 3.19. The number of benzene rings is 1. The number of aliphatic imine (C=N–C) groups is 1. The lowest BCUT2D eigenvalue weighted by Crippen LogP contribution is -2.12. The van der Waals surface area contributed by atoms with Crippen LogP contribution in [0, 0.1) is 6.92 Å². The van der Waals surface area contributed by atoms with E-state index in [1.807, 2.05) is 31.2 Å². The summed E-state index contributed by atoms with van der Waals surface area (Å²) in [5.41, 5.74) is 7.35. The molecule has 1 aromatic carbocycles. The fourth-order valence-corrected chi connectivity index (χ4v) is 2.07. The number of alkyl halides is 1. The lowest BCUT2D eigenvalue weighted by Gasteiger charge is -1.99. The summed E-state index contributed by atoms with van der Waals surface area (Å²) in [4.78, 5) is 4.19. The summed E-state index contributed by atoms with van der Waals surface area (Å²) in [5, 5.41) is 9.89. The van der Waals surface area contributed by atoms with Gasteiger partial charge in [-0.05, 0) is 19.1 Å². The number of amidine groups is 1. The second kappa shape index (κ2) is 5.25. The first kappa shape index (κ1) is 12.0. The number of nitrogens with two attached hydrogens (primary N) is 1. The molecular weight excluding hydrogens is 256 g/mol. The fourth-order valence-electron chi connectivity index (χ4n) is 1.32. The minimum atomic E-state index is 0.224. The van der Waals surface area contributed by atoms with Gasteiger partial charge in [0, 0.05) is 5.56 Å². The van der Waals surface area contributed by atoms with Crippen molar-refractivity contribution < 1.29 is 0 Å². The van der Waals surface area contributed by atoms with Crippen molar-refractivity contribution in [2.75, 3.05) is 5.88 Å². The Hall–Kier alpha value is -1.46. The molecule has 2 N–H and O–H groups in total. The maximum absolute atomic E-state index is 5.59. The molecule has 0 bridgehead atoms. The van der Waals surface area contributed by atoms with E-state index in [4.69, 9.17) is 17.3 Å². The molecule has 88 valence electrons. The highest BCUT2D eigenvalue weighted by atomic mass is 35.5. The average molecular weight is 267 g/mol. The first-order valence-corrected chi connectivity index (χ1v) is 6.33. The van der Waals surface area contributed by atoms with Gasteiger partial charge in [-0.25, -0.2) is 4.99 Å². The van der Waals surface area contributed by atoms with Gasteiger partial charge in [-0.1, -0.05) is 23.5 Å². The van der Waals surface area contributed by atoms with Crippen molar-refractivity contribution >= 4 is 34.5 Å². The van der Waals surface area contributed by atoms with Crippen molar-refractivity contribution in [1.82, 2.24) is 10.2 Å². The predicted molar refractivity (Wildman–Crippen MR) is 72.1 cm³/mol. The Labute approximate surface area is 108 Å². The van der Waals surface area contributed by atoms with E-state index in [9.17, 15) is 0 Å². The molecule has 0 aliphatic heterocycles. The molecule has 2 rings (SSSR count). The third-order valence-electron chi connectivity index (χ3n) is 2.03. The SMILES string of the molecule is Cc1nnc(-c2cccc(N=C(N)CCl)c2)s1. The summed E-state index contributed by atoms with van der Waals surface area (Å²) in [6.45, 7) is 1.93. The third kappa shape index (κ3) is 3.01. The van der Waals surface area contributed by atoms with Gasteiger partial charge in [0.25, 0.3) is 0 Å². The number of aryl methyl sites for hydroxylation is 1. The van der Waals surface area contributed by atoms with E-state index < -0.39 is 0 Å². The van der Waals surface area contributed by atoms with E-state index in [0.29, 0.717) is 5.84 Å². The highest BCUT2D eigenvalue weighted by Gasteiger charge is 2.04. The van der Waals surface area contributed by atoms with Gasteiger partial charge in [-0.3, -0.25) is 0 Å². The lowest BCUT2D eigenvalue weighted by atomic mass is 10.2. The molecule has 1 heterocycles. The number of rotatable bonds is 3. The van der Waals surface area contributed by atoms with Crippen LogP contribution in [-0.4, -0.2) is 21.9 Å². The Kier molecular flexibility index (Phi) is 3.71. The number of hydrogen-bond acceptors (Lipinski definition) is 4. The predicted octanol–water partition coefficient (Wildman–Crippen LogP) is 2.74. The maximum Gasteiger partial charge on any atom is 0.147 e. The zero-order valence-electron chi connectivity index (χ0n) is 9.22. The van der Waals surface area contributed by atoms with Gasteiger partial charge in [0.15, 0.2) is 0 Å². The topological polar surface area (TPSA) is 64.2 Å². The van der Waals surface area contributed by atoms with Crippen LogP contribution in [0.2, 0.25) is 0 Å². The molecule has 0 amide bonds. The molecule has 0 radical (unpaired) electrons. The molecule has 0 unspecified atom stereocenters. The van der Waals surface area contributed by atoms with E-state index in [2.05, 4.69) is 15.2 Å². The molecule has 0 spiro atoms. The smallest absolute Gasteiger partial charge is 0.147 e. The van der Waals surface area contributed by atoms with Gasteiger partial charge in [0.1, 0.15) is 15.9 Å². The molecule has 0 aliphatic rings. The molecule has 6 heteroatoms. The Morgan fingerprint density at radius 3 is 2.94 bits per heavy atom. The van der Waals surface area contributed by atoms with Crippen LogP contribution in [0.5, 0.6) is 0 Å². The van der Waals surface area contributed by atoms with Crippen molar-refractivity contribution in [1.29, 1.82) is 0 Å². The standard InChI is InChI=1S/C11H11ClN4S/c1-7-15-16-11(17-7)8-3-2-4-9(5-8)14-10(13)6-12/h2-5H,6H2,1H3,(H2,13,14). The molecular formula is C11H11ClN4S. The van der Waals surface area contributed by atoms with E-state index in [1.165, 1.54) is 0 Å². The van der Waals surface area contributed by atoms with E-state index in [0.717, 1.165) is 21.3 Å². The number of aromatic nitrogens is 2. The number of halogens is 1. The first-order valence-electron chi connectivity index (χ1n) is 4.98. The van der Waals surface area contributed by atoms with Gasteiger partial charge >= 0.3 is 0 Å². The van der Waals surface area contributed by atoms with E-state index >= 15 is 0 Å². The Morgan fingerprint density at radius 2 is 2.29 bits per heavy atom. The van der Waals surface area contributed by atoms with Crippen LogP contribution >= 0.6 is 22.9 Å². The Bertz CT molecular complexity index is 550. The van der Waals surface area contributed by atoms with Crippen LogP contribution in [-0.2, 0) is 0 Å². The second-order valence-corrected chi connectivity index (χ2v) is 4.86. The van der Waals surface area contributed by atoms with Crippen LogP contribution in [0.3, 0.4) is 0 Å². The fraction of sp³-hybridized carbons (Fsp3) is 0.182. The van der Waals surface area contributed by atoms with E-state index in [-0.39, 0.29) is 5.88 Å². The Morgan fingerprint density at radius 1 is 1.47 bits per heavy atom. The molecule has 0 atom stereocenters. The normalized spacial score (nSPS) is 11.8. The molecule has 1 aromatic heterocycles. The van der Waals surface area contributed by atoms with Crippen molar-refractivity contribution in [2.24, 2.45) is 10.7 Å². The molecule has 0 aliphatic carbocycles. The molecule has 0 fully saturated rings. The average Bonchev–Trinajstić information content (AvgIpc) is 2.76. The monoisotopic (exact) mass is 266 g/mol. The van der Waals surface area contributed by atoms with Crippen LogP contribution in [0.25, 0.3) is 10.6 Å². The van der Waals surface area contributed by atoms with Crippen LogP contribution in [0.1, 0.15) is 5.01 Å².